The summed E-state index contributed by atoms with van der Waals surface area (Å²) in [6.45, 7) is 3.39. The molecule has 6 N–H and O–H groups in total. The number of nitrogens with one attached hydrogen (secondary N) is 1. The highest BCUT2D eigenvalue weighted by Crippen LogP contribution is 2.22. The number of carbonyl (C=O) groups is 1. The Bertz CT molecular complexity index is 812. The summed E-state index contributed by atoms with van der Waals surface area (Å²) in [6, 6.07) is -0.805. The third kappa shape index (κ3) is 17.9. The van der Waals surface area contributed by atoms with Crippen molar-refractivity contribution >= 4 is 5.91 Å². The van der Waals surface area contributed by atoms with E-state index in [2.05, 4.69) is 48.7 Å². The molecule has 0 saturated carbocycles. The Hall–Kier alpha value is -1.85. The van der Waals surface area contributed by atoms with Gasteiger partial charge in [0.25, 0.3) is 0 Å². The van der Waals surface area contributed by atoms with Crippen molar-refractivity contribution in [2.45, 2.75) is 147 Å². The summed E-state index contributed by atoms with van der Waals surface area (Å²) >= 11 is 0. The fourth-order valence-electron chi connectivity index (χ4n) is 4.70. The highest BCUT2D eigenvalue weighted by Gasteiger charge is 2.44. The lowest BCUT2D eigenvalue weighted by Gasteiger charge is -2.40. The normalized spacial score (nSPS) is 24.5. The Labute approximate surface area is 259 Å². The summed E-state index contributed by atoms with van der Waals surface area (Å²) in [6.07, 6.45) is 22.4. The van der Waals surface area contributed by atoms with Gasteiger partial charge in [-0.15, -0.1) is 0 Å². The zero-order chi connectivity index (χ0) is 31.7. The second-order valence-electron chi connectivity index (χ2n) is 11.2. The maximum atomic E-state index is 12.7. The first-order chi connectivity index (χ1) is 20.8. The highest BCUT2D eigenvalue weighted by molar-refractivity contribution is 5.76. The molecule has 0 radical (unpaired) electrons. The van der Waals surface area contributed by atoms with Gasteiger partial charge < -0.3 is 40.3 Å². The third-order valence-corrected chi connectivity index (χ3v) is 7.39. The van der Waals surface area contributed by atoms with E-state index in [9.17, 15) is 30.3 Å². The molecule has 1 amide bonds. The van der Waals surface area contributed by atoms with Gasteiger partial charge in [0.2, 0.25) is 5.91 Å². The molecule has 0 spiro atoms. The Morgan fingerprint density at radius 3 is 2.09 bits per heavy atom. The van der Waals surface area contributed by atoms with Gasteiger partial charge in [0, 0.05) is 6.42 Å². The maximum absolute atomic E-state index is 12.7. The van der Waals surface area contributed by atoms with E-state index in [-0.39, 0.29) is 12.5 Å². The summed E-state index contributed by atoms with van der Waals surface area (Å²) in [5.74, 6) is -0.204. The minimum absolute atomic E-state index is 0.200. The van der Waals surface area contributed by atoms with Gasteiger partial charge in [-0.05, 0) is 44.9 Å². The Balaban J connectivity index is 2.31. The van der Waals surface area contributed by atoms with Crippen LogP contribution in [-0.2, 0) is 14.3 Å². The Morgan fingerprint density at radius 2 is 1.44 bits per heavy atom. The van der Waals surface area contributed by atoms with Gasteiger partial charge in [-0.25, -0.2) is 0 Å². The summed E-state index contributed by atoms with van der Waals surface area (Å²) in [5, 5.41) is 53.1. The number of unbranched alkanes of at least 4 members (excludes halogenated alkanes) is 8. The molecule has 0 aromatic heterocycles. The van der Waals surface area contributed by atoms with Crippen LogP contribution < -0.4 is 5.32 Å². The van der Waals surface area contributed by atoms with Crippen molar-refractivity contribution in [1.82, 2.24) is 5.32 Å². The molecular formula is C34H59NO8. The molecule has 1 rings (SSSR count). The summed E-state index contributed by atoms with van der Waals surface area (Å²) < 4.78 is 11.0. The van der Waals surface area contributed by atoms with E-state index in [4.69, 9.17) is 9.47 Å². The van der Waals surface area contributed by atoms with E-state index in [1.54, 1.807) is 6.08 Å². The van der Waals surface area contributed by atoms with Crippen LogP contribution in [0.3, 0.4) is 0 Å². The van der Waals surface area contributed by atoms with E-state index >= 15 is 0 Å². The quantitative estimate of drug-likeness (QED) is 0.0698. The highest BCUT2D eigenvalue weighted by atomic mass is 16.7. The molecule has 1 saturated heterocycles. The monoisotopic (exact) mass is 609 g/mol. The SMILES string of the molecule is CC/C=C\C/C=C\C/C=C\CCCCCCCCCC(=O)NC(COC1OC(CO)C(O)C(O)C1O)C(O)/C=C/CCC. The number of allylic oxidation sites excluding steroid dienone is 7. The second-order valence-corrected chi connectivity index (χ2v) is 11.2. The van der Waals surface area contributed by atoms with Crippen LogP contribution in [0.1, 0.15) is 104 Å². The minimum atomic E-state index is -1.56. The van der Waals surface area contributed by atoms with Crippen molar-refractivity contribution < 1.29 is 39.8 Å². The summed E-state index contributed by atoms with van der Waals surface area (Å²) in [4.78, 5) is 12.7. The van der Waals surface area contributed by atoms with E-state index < -0.39 is 49.5 Å². The molecular weight excluding hydrogens is 550 g/mol. The van der Waals surface area contributed by atoms with Crippen LogP contribution in [0.5, 0.6) is 0 Å². The lowest BCUT2D eigenvalue weighted by Crippen LogP contribution is -2.60. The number of hydrogen-bond donors (Lipinski definition) is 6. The summed E-state index contributed by atoms with van der Waals surface area (Å²) in [7, 11) is 0. The first-order valence-corrected chi connectivity index (χ1v) is 16.4. The van der Waals surface area contributed by atoms with Crippen molar-refractivity contribution in [3.05, 3.63) is 48.6 Å². The van der Waals surface area contributed by atoms with Crippen LogP contribution in [0.15, 0.2) is 48.6 Å². The molecule has 248 valence electrons. The van der Waals surface area contributed by atoms with Crippen molar-refractivity contribution in [3.8, 4) is 0 Å². The van der Waals surface area contributed by atoms with Crippen LogP contribution in [0.25, 0.3) is 0 Å². The second kappa shape index (κ2) is 25.5. The van der Waals surface area contributed by atoms with Gasteiger partial charge in [-0.2, -0.15) is 0 Å². The number of ether oxygens (including phenoxy) is 2. The van der Waals surface area contributed by atoms with Gasteiger partial charge in [0.1, 0.15) is 24.4 Å². The van der Waals surface area contributed by atoms with Gasteiger partial charge in [-0.1, -0.05) is 101 Å². The third-order valence-electron chi connectivity index (χ3n) is 7.39. The standard InChI is InChI=1S/C34H59NO8/c1-3-5-7-8-9-10-11-12-13-14-15-16-17-18-19-20-22-24-30(38)35-27(28(37)23-21-6-4-2)26-42-34-33(41)32(40)31(39)29(25-36)43-34/h5,7,9-10,12-13,21,23,27-29,31-34,36-37,39-41H,3-4,6,8,11,14-20,22,24-26H2,1-2H3,(H,35,38)/b7-5-,10-9-,13-12-,23-21+. The molecule has 7 atom stereocenters. The smallest absolute Gasteiger partial charge is 0.220 e. The van der Waals surface area contributed by atoms with Gasteiger partial charge in [0.05, 0.1) is 25.4 Å². The summed E-state index contributed by atoms with van der Waals surface area (Å²) in [5.41, 5.74) is 0. The molecule has 0 aromatic rings. The topological polar surface area (TPSA) is 149 Å². The van der Waals surface area contributed by atoms with Crippen molar-refractivity contribution in [1.29, 1.82) is 0 Å². The van der Waals surface area contributed by atoms with E-state index in [1.165, 1.54) is 19.3 Å². The zero-order valence-corrected chi connectivity index (χ0v) is 26.4. The van der Waals surface area contributed by atoms with Gasteiger partial charge in [-0.3, -0.25) is 4.79 Å². The van der Waals surface area contributed by atoms with Crippen LogP contribution in [0.4, 0.5) is 0 Å². The molecule has 1 heterocycles. The Morgan fingerprint density at radius 1 is 0.814 bits per heavy atom. The number of aliphatic hydroxyl groups excluding tert-OH is 5. The predicted molar refractivity (Wildman–Crippen MR) is 170 cm³/mol. The van der Waals surface area contributed by atoms with Crippen LogP contribution in [0, 0.1) is 0 Å². The lowest BCUT2D eigenvalue weighted by atomic mass is 9.99. The molecule has 0 aromatic carbocycles. The first-order valence-electron chi connectivity index (χ1n) is 16.4. The van der Waals surface area contributed by atoms with E-state index in [0.29, 0.717) is 6.42 Å². The van der Waals surface area contributed by atoms with Crippen LogP contribution in [-0.4, -0.2) is 87.5 Å². The molecule has 9 nitrogen and oxygen atoms in total. The van der Waals surface area contributed by atoms with Gasteiger partial charge >= 0.3 is 0 Å². The molecule has 7 unspecified atom stereocenters. The van der Waals surface area contributed by atoms with Crippen LogP contribution >= 0.6 is 0 Å². The fourth-order valence-corrected chi connectivity index (χ4v) is 4.70. The average Bonchev–Trinajstić information content (AvgIpc) is 3.00. The van der Waals surface area contributed by atoms with Crippen molar-refractivity contribution in [2.24, 2.45) is 0 Å². The number of carbonyl (C=O) groups excluding carboxylic acids is 1. The minimum Gasteiger partial charge on any atom is -0.394 e. The molecule has 1 fully saturated rings. The fraction of sp³-hybridized carbons (Fsp3) is 0.735. The van der Waals surface area contributed by atoms with Crippen molar-refractivity contribution in [2.75, 3.05) is 13.2 Å². The van der Waals surface area contributed by atoms with E-state index in [1.807, 2.05) is 13.0 Å². The van der Waals surface area contributed by atoms with Crippen molar-refractivity contribution in [3.63, 3.8) is 0 Å². The molecule has 0 aliphatic carbocycles. The lowest BCUT2D eigenvalue weighted by molar-refractivity contribution is -0.302. The maximum Gasteiger partial charge on any atom is 0.220 e. The Kier molecular flexibility index (Phi) is 23.2. The largest absolute Gasteiger partial charge is 0.394 e. The predicted octanol–water partition coefficient (Wildman–Crippen LogP) is 4.37. The molecule has 1 aliphatic heterocycles. The number of aliphatic hydroxyl groups is 5. The van der Waals surface area contributed by atoms with Crippen LogP contribution in [0.2, 0.25) is 0 Å². The average molecular weight is 610 g/mol. The first kappa shape index (κ1) is 39.2. The molecule has 1 aliphatic rings. The van der Waals surface area contributed by atoms with Gasteiger partial charge in [0.15, 0.2) is 6.29 Å². The zero-order valence-electron chi connectivity index (χ0n) is 26.4. The number of hydrogen-bond acceptors (Lipinski definition) is 8. The van der Waals surface area contributed by atoms with E-state index in [0.717, 1.165) is 64.2 Å². The molecule has 43 heavy (non-hydrogen) atoms. The molecule has 0 bridgehead atoms. The number of rotatable bonds is 24. The molecule has 9 heteroatoms. The number of amides is 1.